The Morgan fingerprint density at radius 2 is 0.873 bits per heavy atom. The van der Waals surface area contributed by atoms with E-state index < -0.39 is 0 Å². The molecule has 2 aliphatic carbocycles. The summed E-state index contributed by atoms with van der Waals surface area (Å²) in [5, 5.41) is 10.5. The second kappa shape index (κ2) is 10.8. The zero-order valence-corrected chi connectivity index (χ0v) is 32.2. The molecule has 55 heavy (non-hydrogen) atoms. The van der Waals surface area contributed by atoms with Crippen LogP contribution >= 0.6 is 11.3 Å². The summed E-state index contributed by atoms with van der Waals surface area (Å²) in [6.07, 6.45) is 0. The van der Waals surface area contributed by atoms with E-state index in [0.29, 0.717) is 0 Å². The Kier molecular flexibility index (Phi) is 6.16. The lowest BCUT2D eigenvalue weighted by atomic mass is 9.80. The van der Waals surface area contributed by atoms with Crippen LogP contribution in [-0.2, 0) is 10.8 Å². The maximum absolute atomic E-state index is 2.48. The lowest BCUT2D eigenvalue weighted by molar-refractivity contribution is 0.660. The molecule has 0 N–H and O–H groups in total. The molecule has 2 aliphatic rings. The van der Waals surface area contributed by atoms with E-state index >= 15 is 0 Å². The Morgan fingerprint density at radius 3 is 1.62 bits per heavy atom. The van der Waals surface area contributed by atoms with Crippen molar-refractivity contribution in [1.82, 2.24) is 0 Å². The van der Waals surface area contributed by atoms with Crippen molar-refractivity contribution in [2.75, 3.05) is 0 Å². The second-order valence-corrected chi connectivity index (χ2v) is 18.0. The molecule has 0 radical (unpaired) electrons. The molecule has 1 aromatic heterocycles. The molecular formula is C54H38S. The molecule has 0 nitrogen and oxygen atoms in total. The van der Waals surface area contributed by atoms with E-state index in [4.69, 9.17) is 0 Å². The summed E-state index contributed by atoms with van der Waals surface area (Å²) in [7, 11) is 0. The van der Waals surface area contributed by atoms with Gasteiger partial charge in [0, 0.05) is 31.0 Å². The van der Waals surface area contributed by atoms with Gasteiger partial charge in [0.2, 0.25) is 0 Å². The summed E-state index contributed by atoms with van der Waals surface area (Å²) >= 11 is 1.90. The summed E-state index contributed by atoms with van der Waals surface area (Å²) in [6, 6.07) is 60.2. The van der Waals surface area contributed by atoms with Crippen LogP contribution in [0.15, 0.2) is 158 Å². The third-order valence-corrected chi connectivity index (χ3v) is 14.3. The summed E-state index contributed by atoms with van der Waals surface area (Å²) in [4.78, 5) is 0. The minimum atomic E-state index is -0.140. The standard InChI is InChI=1S/C54H38S/c1-53(2)46-22-19-31(24-43(46)44-25-37-30-51-45(26-36(37)29-49(44)53)42-15-9-10-16-50(42)55-51)32-17-20-40-41-21-18-35(28-48(41)54(3,4)47(40)27-32)52-38-13-7-5-11-33(38)23-34-12-6-8-14-39(34)52/h5-30H,1-4H3. The van der Waals surface area contributed by atoms with E-state index in [1.807, 2.05) is 11.3 Å². The zero-order chi connectivity index (χ0) is 36.8. The highest BCUT2D eigenvalue weighted by Gasteiger charge is 2.38. The van der Waals surface area contributed by atoms with Crippen LogP contribution in [0.2, 0.25) is 0 Å². The SMILES string of the molecule is CC1(C)c2cc(-c3ccc4c(c3)-c3cc5cc6sc7ccccc7c6cc5cc3C4(C)C)ccc2-c2ccc(-c3c4ccccc4cc4ccccc34)cc21. The zero-order valence-electron chi connectivity index (χ0n) is 31.4. The number of hydrogen-bond donors (Lipinski definition) is 0. The fourth-order valence-corrected chi connectivity index (χ4v) is 11.4. The highest BCUT2D eigenvalue weighted by Crippen LogP contribution is 2.54. The van der Waals surface area contributed by atoms with Crippen LogP contribution < -0.4 is 0 Å². The normalized spacial score (nSPS) is 14.8. The van der Waals surface area contributed by atoms with E-state index in [9.17, 15) is 0 Å². The van der Waals surface area contributed by atoms with Gasteiger partial charge < -0.3 is 0 Å². The quantitative estimate of drug-likeness (QED) is 0.156. The van der Waals surface area contributed by atoms with E-state index in [0.717, 1.165) is 0 Å². The third kappa shape index (κ3) is 4.28. The van der Waals surface area contributed by atoms with Crippen LogP contribution in [0.4, 0.5) is 0 Å². The number of benzene rings is 9. The highest BCUT2D eigenvalue weighted by molar-refractivity contribution is 7.25. The predicted octanol–water partition coefficient (Wildman–Crippen LogP) is 15.5. The molecule has 0 aliphatic heterocycles. The maximum Gasteiger partial charge on any atom is 0.0361 e. The van der Waals surface area contributed by atoms with Gasteiger partial charge >= 0.3 is 0 Å². The first-order chi connectivity index (χ1) is 26.7. The van der Waals surface area contributed by atoms with Crippen LogP contribution in [0.25, 0.3) is 97.0 Å². The molecule has 0 spiro atoms. The van der Waals surface area contributed by atoms with E-state index in [1.165, 1.54) is 119 Å². The molecule has 1 heterocycles. The lowest BCUT2D eigenvalue weighted by Crippen LogP contribution is -2.15. The van der Waals surface area contributed by atoms with Crippen molar-refractivity contribution in [2.24, 2.45) is 0 Å². The molecule has 0 fully saturated rings. The molecule has 0 bridgehead atoms. The molecule has 0 amide bonds. The Morgan fingerprint density at radius 1 is 0.327 bits per heavy atom. The first kappa shape index (κ1) is 31.3. The van der Waals surface area contributed by atoms with Crippen molar-refractivity contribution in [3.8, 4) is 44.5 Å². The first-order valence-corrected chi connectivity index (χ1v) is 20.3. The van der Waals surface area contributed by atoms with Crippen LogP contribution in [0.1, 0.15) is 49.9 Å². The number of fused-ring (bicyclic) bond motifs is 12. The van der Waals surface area contributed by atoms with Gasteiger partial charge in [0.25, 0.3) is 0 Å². The molecule has 0 atom stereocenters. The van der Waals surface area contributed by atoms with Gasteiger partial charge in [-0.15, -0.1) is 11.3 Å². The van der Waals surface area contributed by atoms with Crippen molar-refractivity contribution >= 4 is 63.8 Å². The number of rotatable bonds is 2. The molecule has 0 saturated carbocycles. The van der Waals surface area contributed by atoms with E-state index in [-0.39, 0.29) is 10.8 Å². The number of thiophene rings is 1. The molecule has 1 heteroatoms. The Labute approximate surface area is 325 Å². The molecular weight excluding hydrogens is 681 g/mol. The molecule has 12 rings (SSSR count). The molecule has 9 aromatic carbocycles. The summed E-state index contributed by atoms with van der Waals surface area (Å²) in [6.45, 7) is 9.61. The topological polar surface area (TPSA) is 0 Å². The van der Waals surface area contributed by atoms with Gasteiger partial charge in [0.05, 0.1) is 0 Å². The summed E-state index contributed by atoms with van der Waals surface area (Å²) in [5.74, 6) is 0. The van der Waals surface area contributed by atoms with E-state index in [2.05, 4.69) is 185 Å². The van der Waals surface area contributed by atoms with Gasteiger partial charge in [-0.2, -0.15) is 0 Å². The summed E-state index contributed by atoms with van der Waals surface area (Å²) in [5.41, 5.74) is 16.0. The van der Waals surface area contributed by atoms with Gasteiger partial charge in [0.1, 0.15) is 0 Å². The highest BCUT2D eigenvalue weighted by atomic mass is 32.1. The van der Waals surface area contributed by atoms with Gasteiger partial charge in [-0.1, -0.05) is 131 Å². The van der Waals surface area contributed by atoms with Crippen LogP contribution in [-0.4, -0.2) is 0 Å². The van der Waals surface area contributed by atoms with Gasteiger partial charge in [-0.05, 0) is 154 Å². The van der Waals surface area contributed by atoms with Crippen molar-refractivity contribution in [2.45, 2.75) is 38.5 Å². The third-order valence-electron chi connectivity index (χ3n) is 13.2. The van der Waals surface area contributed by atoms with Crippen molar-refractivity contribution in [3.05, 3.63) is 180 Å². The maximum atomic E-state index is 2.48. The molecule has 0 unspecified atom stereocenters. The van der Waals surface area contributed by atoms with Crippen molar-refractivity contribution < 1.29 is 0 Å². The second-order valence-electron chi connectivity index (χ2n) is 16.9. The molecule has 0 saturated heterocycles. The fourth-order valence-electron chi connectivity index (χ4n) is 10.3. The monoisotopic (exact) mass is 718 g/mol. The van der Waals surface area contributed by atoms with Crippen molar-refractivity contribution in [1.29, 1.82) is 0 Å². The van der Waals surface area contributed by atoms with Gasteiger partial charge in [-0.25, -0.2) is 0 Å². The molecule has 260 valence electrons. The minimum Gasteiger partial charge on any atom is -0.135 e. The van der Waals surface area contributed by atoms with Crippen LogP contribution in [0.5, 0.6) is 0 Å². The smallest absolute Gasteiger partial charge is 0.0361 e. The van der Waals surface area contributed by atoms with Crippen LogP contribution in [0.3, 0.4) is 0 Å². The van der Waals surface area contributed by atoms with Crippen molar-refractivity contribution in [3.63, 3.8) is 0 Å². The average Bonchev–Trinajstić information content (AvgIpc) is 3.76. The largest absolute Gasteiger partial charge is 0.135 e. The first-order valence-electron chi connectivity index (χ1n) is 19.5. The number of hydrogen-bond acceptors (Lipinski definition) is 1. The fraction of sp³-hybridized carbons (Fsp3) is 0.111. The van der Waals surface area contributed by atoms with Crippen LogP contribution in [0, 0.1) is 0 Å². The Balaban J connectivity index is 0.965. The lowest BCUT2D eigenvalue weighted by Gasteiger charge is -2.23. The minimum absolute atomic E-state index is 0.0717. The summed E-state index contributed by atoms with van der Waals surface area (Å²) < 4.78 is 2.72. The van der Waals surface area contributed by atoms with Gasteiger partial charge in [0.15, 0.2) is 0 Å². The Bertz CT molecular complexity index is 3260. The van der Waals surface area contributed by atoms with Gasteiger partial charge in [-0.3, -0.25) is 0 Å². The molecule has 10 aromatic rings. The predicted molar refractivity (Wildman–Crippen MR) is 238 cm³/mol. The Hall–Kier alpha value is -6.02. The van der Waals surface area contributed by atoms with E-state index in [1.54, 1.807) is 0 Å². The average molecular weight is 719 g/mol.